The van der Waals surface area contributed by atoms with Crippen LogP contribution in [0.15, 0.2) is 24.4 Å². The van der Waals surface area contributed by atoms with Gasteiger partial charge in [-0.25, -0.2) is 9.99 Å². The van der Waals surface area contributed by atoms with E-state index in [9.17, 15) is 10.0 Å². The van der Waals surface area contributed by atoms with Gasteiger partial charge in [0.2, 0.25) is 5.91 Å². The van der Waals surface area contributed by atoms with Crippen molar-refractivity contribution in [3.05, 3.63) is 29.6 Å². The molecule has 2 heterocycles. The Morgan fingerprint density at radius 3 is 2.82 bits per heavy atom. The Morgan fingerprint density at radius 2 is 2.27 bits per heavy atom. The molecule has 1 fully saturated rings. The standard InChI is InChI=1S/C15H24N5O2/c1-11(2)13(18-12-7-4-5-9-17-12)20(22)19-10-6-8-15(19,3)14(16)21/h4-5,7,9,11,13H,6,8,10H2,1-3H3,(H2,16,21)(H,17,18)/q-1. The predicted octanol–water partition coefficient (Wildman–Crippen LogP) is 1.53. The lowest BCUT2D eigenvalue weighted by molar-refractivity contribution is -0.140. The van der Waals surface area contributed by atoms with Gasteiger partial charge >= 0.3 is 0 Å². The van der Waals surface area contributed by atoms with Gasteiger partial charge in [-0.05, 0) is 37.8 Å². The molecule has 1 saturated heterocycles. The topological polar surface area (TPSA) is 97.6 Å². The largest absolute Gasteiger partial charge is 0.770 e. The molecule has 1 aliphatic rings. The minimum absolute atomic E-state index is 0.0252. The van der Waals surface area contributed by atoms with Crippen molar-refractivity contribution in [3.8, 4) is 0 Å². The summed E-state index contributed by atoms with van der Waals surface area (Å²) in [5.74, 6) is 0.186. The lowest BCUT2D eigenvalue weighted by atomic mass is 9.99. The molecule has 2 unspecified atom stereocenters. The second-order valence-electron chi connectivity index (χ2n) is 6.22. The van der Waals surface area contributed by atoms with Gasteiger partial charge in [-0.1, -0.05) is 19.9 Å². The Labute approximate surface area is 131 Å². The van der Waals surface area contributed by atoms with E-state index in [1.54, 1.807) is 19.2 Å². The Bertz CT molecular complexity index is 510. The maximum Gasteiger partial charge on any atom is 0.238 e. The van der Waals surface area contributed by atoms with Crippen LogP contribution in [0.4, 0.5) is 5.82 Å². The minimum Gasteiger partial charge on any atom is -0.770 e. The van der Waals surface area contributed by atoms with Crippen molar-refractivity contribution in [1.82, 2.24) is 15.2 Å². The van der Waals surface area contributed by atoms with Crippen LogP contribution < -0.4 is 11.1 Å². The zero-order chi connectivity index (χ0) is 16.3. The highest BCUT2D eigenvalue weighted by Gasteiger charge is 2.44. The first-order chi connectivity index (χ1) is 10.4. The Kier molecular flexibility index (Phi) is 5.00. The number of nitrogens with zero attached hydrogens (tertiary/aromatic N) is 3. The van der Waals surface area contributed by atoms with Crippen LogP contribution in [-0.4, -0.2) is 39.3 Å². The number of aromatic nitrogens is 1. The molecule has 7 heteroatoms. The molecule has 0 aromatic carbocycles. The average molecular weight is 306 g/mol. The van der Waals surface area contributed by atoms with E-state index in [0.29, 0.717) is 18.8 Å². The molecule has 0 bridgehead atoms. The van der Waals surface area contributed by atoms with Crippen LogP contribution >= 0.6 is 0 Å². The molecule has 122 valence electrons. The van der Waals surface area contributed by atoms with Gasteiger partial charge in [0.05, 0.1) is 6.17 Å². The summed E-state index contributed by atoms with van der Waals surface area (Å²) in [5.41, 5.74) is 4.58. The number of nitrogens with two attached hydrogens (primary N) is 1. The summed E-state index contributed by atoms with van der Waals surface area (Å²) in [5, 5.41) is 18.4. The van der Waals surface area contributed by atoms with Crippen LogP contribution in [0, 0.1) is 11.1 Å². The first-order valence-electron chi connectivity index (χ1n) is 7.57. The summed E-state index contributed by atoms with van der Waals surface area (Å²) in [6.45, 7) is 6.15. The third-order valence-corrected chi connectivity index (χ3v) is 4.20. The van der Waals surface area contributed by atoms with E-state index in [2.05, 4.69) is 10.3 Å². The van der Waals surface area contributed by atoms with E-state index >= 15 is 0 Å². The van der Waals surface area contributed by atoms with Gasteiger partial charge in [0.15, 0.2) is 0 Å². The van der Waals surface area contributed by atoms with Crippen LogP contribution in [0.3, 0.4) is 0 Å². The van der Waals surface area contributed by atoms with Crippen molar-refractivity contribution in [1.29, 1.82) is 0 Å². The molecule has 0 saturated carbocycles. The van der Waals surface area contributed by atoms with Gasteiger partial charge in [-0.3, -0.25) is 9.97 Å². The monoisotopic (exact) mass is 306 g/mol. The normalized spacial score (nSPS) is 23.9. The number of rotatable bonds is 6. The van der Waals surface area contributed by atoms with Crippen molar-refractivity contribution in [2.24, 2.45) is 11.7 Å². The van der Waals surface area contributed by atoms with Crippen LogP contribution in [-0.2, 0) is 4.79 Å². The van der Waals surface area contributed by atoms with Crippen molar-refractivity contribution in [2.45, 2.75) is 45.3 Å². The molecule has 1 amide bonds. The number of carbonyl (C=O) groups excluding carboxylic acids is 1. The maximum atomic E-state index is 12.9. The van der Waals surface area contributed by atoms with Crippen LogP contribution in [0.2, 0.25) is 0 Å². The molecule has 22 heavy (non-hydrogen) atoms. The predicted molar refractivity (Wildman–Crippen MR) is 85.2 cm³/mol. The van der Waals surface area contributed by atoms with Crippen LogP contribution in [0.25, 0.3) is 0 Å². The molecule has 7 nitrogen and oxygen atoms in total. The average Bonchev–Trinajstić information content (AvgIpc) is 2.88. The van der Waals surface area contributed by atoms with E-state index < -0.39 is 17.6 Å². The zero-order valence-electron chi connectivity index (χ0n) is 13.3. The SMILES string of the molecule is CC(C)C(Nc1ccccn1)N([O-])N1CCCC1(C)C(N)=O. The molecular formula is C15H24N5O2-. The molecule has 3 N–H and O–H groups in total. The fourth-order valence-corrected chi connectivity index (χ4v) is 2.74. The second-order valence-corrected chi connectivity index (χ2v) is 6.22. The number of nitrogens with one attached hydrogen (secondary N) is 1. The van der Waals surface area contributed by atoms with Gasteiger partial charge in [0.25, 0.3) is 0 Å². The van der Waals surface area contributed by atoms with Gasteiger partial charge in [0, 0.05) is 12.7 Å². The first kappa shape index (κ1) is 16.7. The summed E-state index contributed by atoms with van der Waals surface area (Å²) in [6, 6.07) is 5.47. The number of anilines is 1. The Morgan fingerprint density at radius 1 is 1.55 bits per heavy atom. The molecule has 0 radical (unpaired) electrons. The number of hydrogen-bond acceptors (Lipinski definition) is 6. The number of hydrazine groups is 1. The number of amides is 1. The van der Waals surface area contributed by atoms with Gasteiger partial charge < -0.3 is 16.3 Å². The number of hydroxylamine groups is 1. The summed E-state index contributed by atoms with van der Waals surface area (Å²) < 4.78 is 0. The van der Waals surface area contributed by atoms with Crippen molar-refractivity contribution in [2.75, 3.05) is 11.9 Å². The molecule has 0 spiro atoms. The molecule has 1 aromatic heterocycles. The highest BCUT2D eigenvalue weighted by molar-refractivity contribution is 5.84. The van der Waals surface area contributed by atoms with Gasteiger partial charge in [0.1, 0.15) is 11.4 Å². The third kappa shape index (κ3) is 3.21. The molecule has 2 atom stereocenters. The summed E-state index contributed by atoms with van der Waals surface area (Å²) in [7, 11) is 0. The van der Waals surface area contributed by atoms with Crippen LogP contribution in [0.1, 0.15) is 33.6 Å². The van der Waals surface area contributed by atoms with E-state index in [-0.39, 0.29) is 5.92 Å². The van der Waals surface area contributed by atoms with Gasteiger partial charge in [-0.2, -0.15) is 0 Å². The number of primary amides is 1. The van der Waals surface area contributed by atoms with E-state index in [1.807, 2.05) is 26.0 Å². The molecule has 1 aliphatic heterocycles. The molecular weight excluding hydrogens is 282 g/mol. The fourth-order valence-electron chi connectivity index (χ4n) is 2.74. The molecule has 2 rings (SSSR count). The summed E-state index contributed by atoms with van der Waals surface area (Å²) in [4.78, 5) is 16.0. The maximum absolute atomic E-state index is 12.9. The first-order valence-corrected chi connectivity index (χ1v) is 7.57. The van der Waals surface area contributed by atoms with E-state index in [1.165, 1.54) is 5.01 Å². The highest BCUT2D eigenvalue weighted by Crippen LogP contribution is 2.32. The van der Waals surface area contributed by atoms with Crippen LogP contribution in [0.5, 0.6) is 0 Å². The Hall–Kier alpha value is -1.70. The lowest BCUT2D eigenvalue weighted by Crippen LogP contribution is -2.61. The lowest BCUT2D eigenvalue weighted by Gasteiger charge is -2.50. The van der Waals surface area contributed by atoms with E-state index in [0.717, 1.165) is 11.6 Å². The Balaban J connectivity index is 2.19. The second kappa shape index (κ2) is 6.60. The summed E-state index contributed by atoms with van der Waals surface area (Å²) in [6.07, 6.45) is 2.51. The molecule has 0 aliphatic carbocycles. The minimum atomic E-state index is -0.930. The smallest absolute Gasteiger partial charge is 0.238 e. The summed E-state index contributed by atoms with van der Waals surface area (Å²) >= 11 is 0. The van der Waals surface area contributed by atoms with Gasteiger partial charge in [-0.15, -0.1) is 0 Å². The third-order valence-electron chi connectivity index (χ3n) is 4.20. The molecule has 1 aromatic rings. The highest BCUT2D eigenvalue weighted by atomic mass is 16.6. The number of carbonyl (C=O) groups is 1. The number of hydrogen-bond donors (Lipinski definition) is 2. The van der Waals surface area contributed by atoms with Crippen molar-refractivity contribution < 1.29 is 4.79 Å². The number of pyridine rings is 1. The fraction of sp³-hybridized carbons (Fsp3) is 0.600. The quantitative estimate of drug-likeness (QED) is 0.611. The van der Waals surface area contributed by atoms with Crippen molar-refractivity contribution in [3.63, 3.8) is 0 Å². The van der Waals surface area contributed by atoms with E-state index in [4.69, 9.17) is 5.73 Å². The zero-order valence-corrected chi connectivity index (χ0v) is 13.3. The van der Waals surface area contributed by atoms with Crippen molar-refractivity contribution >= 4 is 11.7 Å².